The molecular formula is C8H17NO. The van der Waals surface area contributed by atoms with Crippen molar-refractivity contribution >= 4 is 0 Å². The van der Waals surface area contributed by atoms with Crippen molar-refractivity contribution in [3.8, 4) is 0 Å². The minimum Gasteiger partial charge on any atom is -0.393 e. The fourth-order valence-electron chi connectivity index (χ4n) is 1.33. The monoisotopic (exact) mass is 143 g/mol. The van der Waals surface area contributed by atoms with Crippen LogP contribution in [-0.2, 0) is 0 Å². The fourth-order valence-corrected chi connectivity index (χ4v) is 1.33. The van der Waals surface area contributed by atoms with Crippen LogP contribution in [0.25, 0.3) is 0 Å². The molecule has 60 valence electrons. The third-order valence-electron chi connectivity index (χ3n) is 2.10. The second kappa shape index (κ2) is 3.94. The Hall–Kier alpha value is -0.0800. The molecule has 0 saturated carbocycles. The number of aliphatic hydroxyl groups is 1. The Morgan fingerprint density at radius 2 is 2.40 bits per heavy atom. The van der Waals surface area contributed by atoms with Gasteiger partial charge >= 0.3 is 0 Å². The molecule has 0 bridgehead atoms. The molecule has 0 aliphatic carbocycles. The third-order valence-corrected chi connectivity index (χ3v) is 2.10. The highest BCUT2D eigenvalue weighted by Crippen LogP contribution is 2.11. The molecule has 2 atom stereocenters. The standard InChI is InChI=1S/C8H17NO/c1-2-3-8(10)6-7-4-5-9-7/h7-10H,2-6H2,1H3. The summed E-state index contributed by atoms with van der Waals surface area (Å²) in [6, 6.07) is 0.613. The minimum absolute atomic E-state index is 0.0669. The van der Waals surface area contributed by atoms with Gasteiger partial charge < -0.3 is 10.4 Å². The third kappa shape index (κ3) is 2.27. The van der Waals surface area contributed by atoms with Crippen molar-refractivity contribution < 1.29 is 5.11 Å². The van der Waals surface area contributed by atoms with E-state index < -0.39 is 0 Å². The summed E-state index contributed by atoms with van der Waals surface area (Å²) in [6.45, 7) is 3.25. The molecule has 2 N–H and O–H groups in total. The maximum absolute atomic E-state index is 9.34. The first-order valence-corrected chi connectivity index (χ1v) is 4.24. The fraction of sp³-hybridized carbons (Fsp3) is 1.00. The van der Waals surface area contributed by atoms with Crippen LogP contribution in [0.15, 0.2) is 0 Å². The topological polar surface area (TPSA) is 32.3 Å². The van der Waals surface area contributed by atoms with E-state index in [2.05, 4.69) is 12.2 Å². The van der Waals surface area contributed by atoms with Crippen LogP contribution in [0.5, 0.6) is 0 Å². The number of nitrogens with one attached hydrogen (secondary N) is 1. The highest BCUT2D eigenvalue weighted by Gasteiger charge is 2.18. The molecule has 1 fully saturated rings. The van der Waals surface area contributed by atoms with Crippen LogP contribution in [0.3, 0.4) is 0 Å². The quantitative estimate of drug-likeness (QED) is 0.613. The molecule has 0 spiro atoms. The van der Waals surface area contributed by atoms with E-state index in [0.29, 0.717) is 6.04 Å². The molecule has 1 rings (SSSR count). The lowest BCUT2D eigenvalue weighted by Crippen LogP contribution is -2.44. The van der Waals surface area contributed by atoms with Gasteiger partial charge in [0.15, 0.2) is 0 Å². The van der Waals surface area contributed by atoms with Crippen molar-refractivity contribution in [2.24, 2.45) is 0 Å². The van der Waals surface area contributed by atoms with E-state index in [-0.39, 0.29) is 6.10 Å². The van der Waals surface area contributed by atoms with Gasteiger partial charge in [0, 0.05) is 6.04 Å². The Morgan fingerprint density at radius 1 is 1.70 bits per heavy atom. The van der Waals surface area contributed by atoms with Crippen molar-refractivity contribution in [1.29, 1.82) is 0 Å². The van der Waals surface area contributed by atoms with Gasteiger partial charge in [-0.1, -0.05) is 13.3 Å². The van der Waals surface area contributed by atoms with E-state index in [9.17, 15) is 5.11 Å². The normalized spacial score (nSPS) is 27.6. The summed E-state index contributed by atoms with van der Waals surface area (Å²) in [6.07, 6.45) is 4.18. The second-order valence-corrected chi connectivity index (χ2v) is 3.12. The molecule has 2 nitrogen and oxygen atoms in total. The van der Waals surface area contributed by atoms with Gasteiger partial charge in [0.05, 0.1) is 6.10 Å². The zero-order chi connectivity index (χ0) is 7.40. The van der Waals surface area contributed by atoms with Crippen LogP contribution in [0, 0.1) is 0 Å². The first-order chi connectivity index (χ1) is 4.83. The van der Waals surface area contributed by atoms with Gasteiger partial charge in [-0.25, -0.2) is 0 Å². The summed E-state index contributed by atoms with van der Waals surface area (Å²) in [5.41, 5.74) is 0. The molecule has 2 unspecified atom stereocenters. The Morgan fingerprint density at radius 3 is 2.80 bits per heavy atom. The lowest BCUT2D eigenvalue weighted by molar-refractivity contribution is 0.125. The Labute approximate surface area is 62.6 Å². The molecule has 0 aromatic heterocycles. The smallest absolute Gasteiger partial charge is 0.0555 e. The van der Waals surface area contributed by atoms with Gasteiger partial charge in [-0.2, -0.15) is 0 Å². The molecule has 0 amide bonds. The lowest BCUT2D eigenvalue weighted by Gasteiger charge is -2.29. The highest BCUT2D eigenvalue weighted by molar-refractivity contribution is 4.79. The van der Waals surface area contributed by atoms with Crippen molar-refractivity contribution in [3.05, 3.63) is 0 Å². The summed E-state index contributed by atoms with van der Waals surface area (Å²) >= 11 is 0. The van der Waals surface area contributed by atoms with Crippen LogP contribution in [0.1, 0.15) is 32.6 Å². The van der Waals surface area contributed by atoms with Gasteiger partial charge in [-0.3, -0.25) is 0 Å². The minimum atomic E-state index is -0.0669. The molecular weight excluding hydrogens is 126 g/mol. The summed E-state index contributed by atoms with van der Waals surface area (Å²) in [4.78, 5) is 0. The molecule has 1 aliphatic rings. The lowest BCUT2D eigenvalue weighted by atomic mass is 9.98. The Bertz CT molecular complexity index is 91.3. The van der Waals surface area contributed by atoms with Crippen LogP contribution in [0.2, 0.25) is 0 Å². The van der Waals surface area contributed by atoms with E-state index in [0.717, 1.165) is 25.8 Å². The van der Waals surface area contributed by atoms with Crippen molar-refractivity contribution in [3.63, 3.8) is 0 Å². The average molecular weight is 143 g/mol. The number of aliphatic hydroxyl groups excluding tert-OH is 1. The predicted octanol–water partition coefficient (Wildman–Crippen LogP) is 0.899. The van der Waals surface area contributed by atoms with Crippen LogP contribution in [-0.4, -0.2) is 23.8 Å². The summed E-state index contributed by atoms with van der Waals surface area (Å²) in [5.74, 6) is 0. The van der Waals surface area contributed by atoms with Gasteiger partial charge in [-0.15, -0.1) is 0 Å². The first kappa shape index (κ1) is 8.02. The van der Waals surface area contributed by atoms with Gasteiger partial charge in [0.1, 0.15) is 0 Å². The van der Waals surface area contributed by atoms with E-state index in [1.165, 1.54) is 6.42 Å². The van der Waals surface area contributed by atoms with Gasteiger partial charge in [0.2, 0.25) is 0 Å². The second-order valence-electron chi connectivity index (χ2n) is 3.12. The number of hydrogen-bond donors (Lipinski definition) is 2. The molecule has 0 aromatic carbocycles. The maximum atomic E-state index is 9.34. The molecule has 10 heavy (non-hydrogen) atoms. The van der Waals surface area contributed by atoms with E-state index in [1.54, 1.807) is 0 Å². The summed E-state index contributed by atoms with van der Waals surface area (Å²) in [5, 5.41) is 12.6. The van der Waals surface area contributed by atoms with E-state index in [1.807, 2.05) is 0 Å². The molecule has 1 aliphatic heterocycles. The van der Waals surface area contributed by atoms with Crippen LogP contribution >= 0.6 is 0 Å². The maximum Gasteiger partial charge on any atom is 0.0555 e. The zero-order valence-corrected chi connectivity index (χ0v) is 6.64. The zero-order valence-electron chi connectivity index (χ0n) is 6.64. The van der Waals surface area contributed by atoms with Gasteiger partial charge in [0.25, 0.3) is 0 Å². The van der Waals surface area contributed by atoms with E-state index >= 15 is 0 Å². The largest absolute Gasteiger partial charge is 0.393 e. The molecule has 2 heteroatoms. The Kier molecular flexibility index (Phi) is 3.16. The summed E-state index contributed by atoms with van der Waals surface area (Å²) < 4.78 is 0. The number of rotatable bonds is 4. The SMILES string of the molecule is CCCC(O)CC1CCN1. The molecule has 0 aromatic rings. The van der Waals surface area contributed by atoms with Gasteiger partial charge in [-0.05, 0) is 25.8 Å². The molecule has 0 radical (unpaired) electrons. The Balaban J connectivity index is 1.99. The predicted molar refractivity (Wildman–Crippen MR) is 41.9 cm³/mol. The van der Waals surface area contributed by atoms with E-state index in [4.69, 9.17) is 0 Å². The first-order valence-electron chi connectivity index (χ1n) is 4.24. The van der Waals surface area contributed by atoms with Crippen LogP contribution < -0.4 is 5.32 Å². The summed E-state index contributed by atoms with van der Waals surface area (Å²) in [7, 11) is 0. The van der Waals surface area contributed by atoms with Crippen molar-refractivity contribution in [1.82, 2.24) is 5.32 Å². The van der Waals surface area contributed by atoms with Crippen LogP contribution in [0.4, 0.5) is 0 Å². The molecule has 1 saturated heterocycles. The van der Waals surface area contributed by atoms with Crippen molar-refractivity contribution in [2.75, 3.05) is 6.54 Å². The molecule has 1 heterocycles. The number of hydrogen-bond acceptors (Lipinski definition) is 2. The highest BCUT2D eigenvalue weighted by atomic mass is 16.3. The van der Waals surface area contributed by atoms with Crippen molar-refractivity contribution in [2.45, 2.75) is 44.8 Å². The average Bonchev–Trinajstić information content (AvgIpc) is 1.80.